The van der Waals surface area contributed by atoms with Crippen LogP contribution in [0.2, 0.25) is 5.02 Å². The maximum atomic E-state index is 12.2. The van der Waals surface area contributed by atoms with Crippen LogP contribution in [0.4, 0.5) is 0 Å². The lowest BCUT2D eigenvalue weighted by molar-refractivity contribution is -0.131. The van der Waals surface area contributed by atoms with E-state index in [-0.39, 0.29) is 5.91 Å². The molecule has 5 nitrogen and oxygen atoms in total. The van der Waals surface area contributed by atoms with E-state index in [1.165, 1.54) is 0 Å². The van der Waals surface area contributed by atoms with Crippen LogP contribution in [-0.4, -0.2) is 51.3 Å². The fourth-order valence-electron chi connectivity index (χ4n) is 3.08. The second-order valence-electron chi connectivity index (χ2n) is 6.18. The summed E-state index contributed by atoms with van der Waals surface area (Å²) in [6.45, 7) is 7.98. The normalized spacial score (nSPS) is 16.3. The third-order valence-electron chi connectivity index (χ3n) is 4.35. The lowest BCUT2D eigenvalue weighted by Gasteiger charge is -2.21. The van der Waals surface area contributed by atoms with Gasteiger partial charge in [0.15, 0.2) is 0 Å². The van der Waals surface area contributed by atoms with Crippen molar-refractivity contribution in [1.29, 1.82) is 0 Å². The minimum Gasteiger partial charge on any atom is -0.341 e. The molecule has 1 amide bonds. The number of carbonyl (C=O) groups is 1. The van der Waals surface area contributed by atoms with Crippen molar-refractivity contribution >= 4 is 23.2 Å². The van der Waals surface area contributed by atoms with Crippen molar-refractivity contribution in [2.45, 2.75) is 25.8 Å². The minimum absolute atomic E-state index is 0.235. The first-order valence-electron chi connectivity index (χ1n) is 8.40. The van der Waals surface area contributed by atoms with E-state index < -0.39 is 0 Å². The number of amides is 1. The number of fused-ring (bicyclic) bond motifs is 1. The van der Waals surface area contributed by atoms with Gasteiger partial charge in [0.25, 0.3) is 0 Å². The van der Waals surface area contributed by atoms with Crippen LogP contribution in [0, 0.1) is 0 Å². The van der Waals surface area contributed by atoms with E-state index in [9.17, 15) is 4.79 Å². The molecular weight excluding hydrogens is 324 g/mol. The molecule has 3 rings (SSSR count). The lowest BCUT2D eigenvalue weighted by Crippen LogP contribution is -2.34. The molecule has 2 aromatic rings. The summed E-state index contributed by atoms with van der Waals surface area (Å²) < 4.78 is 1.96. The van der Waals surface area contributed by atoms with Gasteiger partial charge in [0.2, 0.25) is 5.91 Å². The molecule has 0 bridgehead atoms. The largest absolute Gasteiger partial charge is 0.341 e. The van der Waals surface area contributed by atoms with Gasteiger partial charge in [-0.3, -0.25) is 9.69 Å². The fraction of sp³-hybridized carbons (Fsp3) is 0.444. The Labute approximate surface area is 147 Å². The maximum Gasteiger partial charge on any atom is 0.222 e. The van der Waals surface area contributed by atoms with Gasteiger partial charge < -0.3 is 9.30 Å². The number of nitrogens with zero attached hydrogens (tertiary/aromatic N) is 4. The van der Waals surface area contributed by atoms with E-state index in [0.29, 0.717) is 11.4 Å². The third-order valence-corrected chi connectivity index (χ3v) is 4.58. The fourth-order valence-corrected chi connectivity index (χ4v) is 3.25. The Balaban J connectivity index is 1.59. The van der Waals surface area contributed by atoms with E-state index in [0.717, 1.165) is 56.9 Å². The van der Waals surface area contributed by atoms with Crippen LogP contribution in [0.1, 0.15) is 25.0 Å². The van der Waals surface area contributed by atoms with Crippen LogP contribution in [-0.2, 0) is 11.3 Å². The molecule has 1 fully saturated rings. The first kappa shape index (κ1) is 17.0. The predicted molar refractivity (Wildman–Crippen MR) is 96.1 cm³/mol. The highest BCUT2D eigenvalue weighted by Gasteiger charge is 2.19. The van der Waals surface area contributed by atoms with Crippen molar-refractivity contribution in [1.82, 2.24) is 19.2 Å². The molecule has 1 saturated heterocycles. The highest BCUT2D eigenvalue weighted by atomic mass is 35.5. The summed E-state index contributed by atoms with van der Waals surface area (Å²) in [5.74, 6) is 0.235. The van der Waals surface area contributed by atoms with E-state index in [1.807, 2.05) is 33.8 Å². The van der Waals surface area contributed by atoms with Gasteiger partial charge in [0.05, 0.1) is 10.7 Å². The number of aromatic nitrogens is 2. The average Bonchev–Trinajstić information content (AvgIpc) is 2.80. The summed E-state index contributed by atoms with van der Waals surface area (Å²) in [4.78, 5) is 21.1. The number of pyridine rings is 1. The van der Waals surface area contributed by atoms with E-state index in [4.69, 9.17) is 11.6 Å². The summed E-state index contributed by atoms with van der Waals surface area (Å²) in [5.41, 5.74) is 1.94. The standard InChI is InChI=1S/C18H23ClN4O/c1-2-3-5-18(24)22-9-4-8-21(10-11-22)13-16-14-23-12-15(19)6-7-17(23)20-16/h2,6-7,12,14H,1,3-5,8-11,13H2. The number of imidazole rings is 1. The second kappa shape index (κ2) is 7.81. The number of hydrogen-bond acceptors (Lipinski definition) is 3. The van der Waals surface area contributed by atoms with Gasteiger partial charge in [-0.25, -0.2) is 4.98 Å². The maximum absolute atomic E-state index is 12.2. The van der Waals surface area contributed by atoms with Gasteiger partial charge in [-0.1, -0.05) is 17.7 Å². The highest BCUT2D eigenvalue weighted by Crippen LogP contribution is 2.14. The monoisotopic (exact) mass is 346 g/mol. The Hall–Kier alpha value is -1.85. The van der Waals surface area contributed by atoms with Crippen LogP contribution in [0.5, 0.6) is 0 Å². The number of hydrogen-bond donors (Lipinski definition) is 0. The molecule has 3 heterocycles. The lowest BCUT2D eigenvalue weighted by atomic mass is 10.2. The number of rotatable bonds is 5. The van der Waals surface area contributed by atoms with E-state index in [2.05, 4.69) is 16.5 Å². The summed E-state index contributed by atoms with van der Waals surface area (Å²) in [6.07, 6.45) is 8.02. The Morgan fingerprint density at radius 3 is 2.96 bits per heavy atom. The molecular formula is C18H23ClN4O. The second-order valence-corrected chi connectivity index (χ2v) is 6.62. The summed E-state index contributed by atoms with van der Waals surface area (Å²) in [6, 6.07) is 3.78. The highest BCUT2D eigenvalue weighted by molar-refractivity contribution is 6.30. The van der Waals surface area contributed by atoms with Crippen molar-refractivity contribution in [3.05, 3.63) is 47.9 Å². The molecule has 1 aliphatic rings. The van der Waals surface area contributed by atoms with Crippen LogP contribution >= 0.6 is 11.6 Å². The molecule has 24 heavy (non-hydrogen) atoms. The molecule has 2 aromatic heterocycles. The Morgan fingerprint density at radius 2 is 2.12 bits per heavy atom. The van der Waals surface area contributed by atoms with E-state index >= 15 is 0 Å². The number of allylic oxidation sites excluding steroid dienone is 1. The predicted octanol–water partition coefficient (Wildman–Crippen LogP) is 2.99. The van der Waals surface area contributed by atoms with Crippen LogP contribution in [0.15, 0.2) is 37.2 Å². The summed E-state index contributed by atoms with van der Waals surface area (Å²) >= 11 is 6.02. The number of halogens is 1. The van der Waals surface area contributed by atoms with Gasteiger partial charge in [-0.2, -0.15) is 0 Å². The third kappa shape index (κ3) is 4.16. The molecule has 0 atom stereocenters. The Kier molecular flexibility index (Phi) is 5.53. The van der Waals surface area contributed by atoms with Gasteiger partial charge >= 0.3 is 0 Å². The zero-order chi connectivity index (χ0) is 16.9. The van der Waals surface area contributed by atoms with Gasteiger partial charge in [0, 0.05) is 51.5 Å². The molecule has 0 N–H and O–H groups in total. The summed E-state index contributed by atoms with van der Waals surface area (Å²) in [7, 11) is 0. The van der Waals surface area contributed by atoms with Crippen molar-refractivity contribution in [2.24, 2.45) is 0 Å². The molecule has 6 heteroatoms. The smallest absolute Gasteiger partial charge is 0.222 e. The molecule has 0 spiro atoms. The molecule has 0 unspecified atom stereocenters. The minimum atomic E-state index is 0.235. The van der Waals surface area contributed by atoms with Crippen LogP contribution in [0.25, 0.3) is 5.65 Å². The molecule has 1 aliphatic heterocycles. The van der Waals surface area contributed by atoms with Crippen molar-refractivity contribution < 1.29 is 4.79 Å². The van der Waals surface area contributed by atoms with Crippen LogP contribution < -0.4 is 0 Å². The van der Waals surface area contributed by atoms with Crippen molar-refractivity contribution in [3.8, 4) is 0 Å². The Morgan fingerprint density at radius 1 is 1.25 bits per heavy atom. The van der Waals surface area contributed by atoms with Gasteiger partial charge in [-0.15, -0.1) is 6.58 Å². The van der Waals surface area contributed by atoms with Crippen molar-refractivity contribution in [2.75, 3.05) is 26.2 Å². The SMILES string of the molecule is C=CCCC(=O)N1CCCN(Cc2cn3cc(Cl)ccc3n2)CC1. The first-order chi connectivity index (χ1) is 11.7. The zero-order valence-corrected chi connectivity index (χ0v) is 14.6. The molecule has 0 saturated carbocycles. The van der Waals surface area contributed by atoms with Gasteiger partial charge in [-0.05, 0) is 25.0 Å². The molecule has 0 aromatic carbocycles. The average molecular weight is 347 g/mol. The zero-order valence-electron chi connectivity index (χ0n) is 13.8. The topological polar surface area (TPSA) is 40.9 Å². The first-order valence-corrected chi connectivity index (χ1v) is 8.77. The molecule has 0 aliphatic carbocycles. The summed E-state index contributed by atoms with van der Waals surface area (Å²) in [5, 5.41) is 0.704. The van der Waals surface area contributed by atoms with Crippen molar-refractivity contribution in [3.63, 3.8) is 0 Å². The Bertz CT molecular complexity index is 727. The molecule has 128 valence electrons. The van der Waals surface area contributed by atoms with Crippen LogP contribution in [0.3, 0.4) is 0 Å². The van der Waals surface area contributed by atoms with Gasteiger partial charge in [0.1, 0.15) is 5.65 Å². The number of carbonyl (C=O) groups excluding carboxylic acids is 1. The van der Waals surface area contributed by atoms with E-state index in [1.54, 1.807) is 6.08 Å². The molecule has 0 radical (unpaired) electrons. The quantitative estimate of drug-likeness (QED) is 0.781.